The monoisotopic (exact) mass is 382 g/mol. The van der Waals surface area contributed by atoms with E-state index in [2.05, 4.69) is 4.74 Å². The Morgan fingerprint density at radius 1 is 1.23 bits per heavy atom. The topological polar surface area (TPSA) is 117 Å². The fraction of sp³-hybridized carbons (Fsp3) is 0.389. The Morgan fingerprint density at radius 2 is 1.85 bits per heavy atom. The molecule has 1 heterocycles. The fourth-order valence-corrected chi connectivity index (χ4v) is 2.46. The van der Waals surface area contributed by atoms with Crippen LogP contribution in [0.1, 0.15) is 21.5 Å². The van der Waals surface area contributed by atoms with Crippen molar-refractivity contribution in [2.75, 3.05) is 33.4 Å². The number of aryl methyl sites for hydroxylation is 2. The molecule has 2 rings (SSSR count). The van der Waals surface area contributed by atoms with Crippen molar-refractivity contribution >= 4 is 17.6 Å². The third-order valence-electron chi connectivity index (χ3n) is 3.72. The Bertz CT molecular complexity index is 675. The summed E-state index contributed by atoms with van der Waals surface area (Å²) in [6.07, 6.45) is 1.56. The lowest BCUT2D eigenvalue weighted by molar-refractivity contribution is 0.0548. The van der Waals surface area contributed by atoms with Crippen LogP contribution in [0.3, 0.4) is 0 Å². The van der Waals surface area contributed by atoms with Crippen molar-refractivity contribution in [3.8, 4) is 0 Å². The molecule has 0 saturated carbocycles. The molecule has 1 aromatic rings. The maximum absolute atomic E-state index is 11.2. The predicted octanol–water partition coefficient (Wildman–Crippen LogP) is 1.53. The van der Waals surface area contributed by atoms with Crippen LogP contribution in [0, 0.1) is 13.8 Å². The maximum Gasteiger partial charge on any atom is 0.338 e. The molecular formula is C18H27ClN4O3. The number of hydrogen-bond donors (Lipinski definition) is 3. The maximum atomic E-state index is 11.2. The second kappa shape index (κ2) is 10.6. The first-order chi connectivity index (χ1) is 12.3. The third kappa shape index (κ3) is 6.85. The van der Waals surface area contributed by atoms with Crippen LogP contribution in [0.2, 0.25) is 0 Å². The standard InChI is InChI=1S/C10H12O2.C8H15ClN4O/c1-7-4-5-8(2)9(6-7)10(11)12-3;9-7(10)5-6(8(11)12)13-1-3-14-4-2-13/h4-6H,1-3H3;5H,1-4,10-12H2/b;7-5-. The molecule has 26 heavy (non-hydrogen) atoms. The normalized spacial score (nSPS) is 14.2. The molecule has 6 N–H and O–H groups in total. The summed E-state index contributed by atoms with van der Waals surface area (Å²) < 4.78 is 9.84. The van der Waals surface area contributed by atoms with Gasteiger partial charge in [-0.1, -0.05) is 29.3 Å². The first-order valence-corrected chi connectivity index (χ1v) is 8.50. The number of carbonyl (C=O) groups excluding carboxylic acids is 1. The Morgan fingerprint density at radius 3 is 2.35 bits per heavy atom. The summed E-state index contributed by atoms with van der Waals surface area (Å²) in [5, 5.41) is 0.167. The zero-order chi connectivity index (χ0) is 19.7. The summed E-state index contributed by atoms with van der Waals surface area (Å²) in [6, 6.07) is 5.73. The molecule has 0 spiro atoms. The number of carbonyl (C=O) groups is 1. The van der Waals surface area contributed by atoms with Gasteiger partial charge in [0.15, 0.2) is 0 Å². The van der Waals surface area contributed by atoms with Crippen LogP contribution in [0.25, 0.3) is 0 Å². The molecule has 1 fully saturated rings. The molecule has 7 nitrogen and oxygen atoms in total. The number of allylic oxidation sites excluding steroid dienone is 1. The van der Waals surface area contributed by atoms with Crippen molar-refractivity contribution in [2.24, 2.45) is 17.2 Å². The van der Waals surface area contributed by atoms with E-state index in [1.54, 1.807) is 6.08 Å². The van der Waals surface area contributed by atoms with Crippen molar-refractivity contribution in [1.82, 2.24) is 4.90 Å². The van der Waals surface area contributed by atoms with Gasteiger partial charge in [-0.3, -0.25) is 0 Å². The predicted molar refractivity (Wildman–Crippen MR) is 103 cm³/mol. The molecule has 0 aliphatic carbocycles. The first kappa shape index (κ1) is 21.7. The van der Waals surface area contributed by atoms with Gasteiger partial charge in [-0.15, -0.1) is 0 Å². The molecule has 0 radical (unpaired) electrons. The van der Waals surface area contributed by atoms with Gasteiger partial charge < -0.3 is 31.6 Å². The minimum absolute atomic E-state index is 0.167. The van der Waals surface area contributed by atoms with Crippen LogP contribution < -0.4 is 17.2 Å². The van der Waals surface area contributed by atoms with E-state index < -0.39 is 0 Å². The van der Waals surface area contributed by atoms with Gasteiger partial charge in [0, 0.05) is 13.1 Å². The minimum Gasteiger partial charge on any atom is -0.465 e. The van der Waals surface area contributed by atoms with Crippen molar-refractivity contribution < 1.29 is 14.3 Å². The van der Waals surface area contributed by atoms with Crippen LogP contribution in [-0.4, -0.2) is 44.3 Å². The number of morpholine rings is 1. The van der Waals surface area contributed by atoms with Crippen LogP contribution in [0.4, 0.5) is 0 Å². The number of halogens is 1. The van der Waals surface area contributed by atoms with Crippen molar-refractivity contribution in [2.45, 2.75) is 13.8 Å². The smallest absolute Gasteiger partial charge is 0.338 e. The molecule has 0 atom stereocenters. The zero-order valence-corrected chi connectivity index (χ0v) is 16.2. The van der Waals surface area contributed by atoms with E-state index in [1.165, 1.54) is 7.11 Å². The molecule has 0 bridgehead atoms. The van der Waals surface area contributed by atoms with Crippen LogP contribution in [-0.2, 0) is 9.47 Å². The summed E-state index contributed by atoms with van der Waals surface area (Å²) in [6.45, 7) is 6.65. The average molecular weight is 383 g/mol. The molecule has 0 amide bonds. The number of nitrogens with two attached hydrogens (primary N) is 3. The molecule has 0 aromatic heterocycles. The lowest BCUT2D eigenvalue weighted by atomic mass is 10.1. The van der Waals surface area contributed by atoms with E-state index >= 15 is 0 Å². The van der Waals surface area contributed by atoms with E-state index in [9.17, 15) is 4.79 Å². The highest BCUT2D eigenvalue weighted by Gasteiger charge is 2.14. The Kier molecular flexibility index (Phi) is 8.81. The van der Waals surface area contributed by atoms with Crippen molar-refractivity contribution in [3.05, 3.63) is 57.6 Å². The van der Waals surface area contributed by atoms with E-state index in [1.807, 2.05) is 36.9 Å². The fourth-order valence-electron chi connectivity index (χ4n) is 2.36. The van der Waals surface area contributed by atoms with Crippen molar-refractivity contribution in [3.63, 3.8) is 0 Å². The number of rotatable bonds is 3. The molecular weight excluding hydrogens is 356 g/mol. The third-order valence-corrected chi connectivity index (χ3v) is 3.83. The lowest BCUT2D eigenvalue weighted by Crippen LogP contribution is -2.37. The van der Waals surface area contributed by atoms with E-state index in [0.717, 1.165) is 24.2 Å². The number of hydrogen-bond acceptors (Lipinski definition) is 7. The van der Waals surface area contributed by atoms with E-state index in [4.69, 9.17) is 33.5 Å². The number of benzene rings is 1. The zero-order valence-electron chi connectivity index (χ0n) is 15.4. The van der Waals surface area contributed by atoms with Gasteiger partial charge in [0.25, 0.3) is 0 Å². The second-order valence-electron chi connectivity index (χ2n) is 5.78. The Balaban J connectivity index is 0.000000263. The Labute approximate surface area is 159 Å². The van der Waals surface area contributed by atoms with Gasteiger partial charge in [0.1, 0.15) is 11.0 Å². The second-order valence-corrected chi connectivity index (χ2v) is 6.22. The van der Waals surface area contributed by atoms with E-state index in [-0.39, 0.29) is 16.9 Å². The van der Waals surface area contributed by atoms with Gasteiger partial charge >= 0.3 is 5.97 Å². The quantitative estimate of drug-likeness (QED) is 0.412. The van der Waals surface area contributed by atoms with Gasteiger partial charge in [0.2, 0.25) is 0 Å². The summed E-state index contributed by atoms with van der Waals surface area (Å²) in [7, 11) is 1.39. The van der Waals surface area contributed by atoms with Crippen LogP contribution in [0.15, 0.2) is 40.9 Å². The highest BCUT2D eigenvalue weighted by Crippen LogP contribution is 2.12. The average Bonchev–Trinajstić information content (AvgIpc) is 2.62. The minimum atomic E-state index is -0.267. The number of nitrogens with zero attached hydrogens (tertiary/aromatic N) is 1. The molecule has 1 aliphatic heterocycles. The number of ether oxygens (including phenoxy) is 2. The van der Waals surface area contributed by atoms with Crippen LogP contribution in [0.5, 0.6) is 0 Å². The number of methoxy groups -OCH3 is 1. The van der Waals surface area contributed by atoms with Crippen LogP contribution >= 0.6 is 11.6 Å². The number of esters is 1. The molecule has 144 valence electrons. The van der Waals surface area contributed by atoms with Gasteiger partial charge in [0.05, 0.1) is 31.6 Å². The summed E-state index contributed by atoms with van der Waals surface area (Å²) in [5.41, 5.74) is 19.8. The summed E-state index contributed by atoms with van der Waals surface area (Å²) in [5.74, 6) is -0.0494. The largest absolute Gasteiger partial charge is 0.465 e. The molecule has 0 unspecified atom stereocenters. The first-order valence-electron chi connectivity index (χ1n) is 8.12. The van der Waals surface area contributed by atoms with Gasteiger partial charge in [-0.2, -0.15) is 0 Å². The molecule has 8 heteroatoms. The Hall–Kier alpha value is -2.38. The molecule has 1 aliphatic rings. The summed E-state index contributed by atoms with van der Waals surface area (Å²) >= 11 is 5.57. The molecule has 1 aromatic carbocycles. The molecule has 1 saturated heterocycles. The highest BCUT2D eigenvalue weighted by molar-refractivity contribution is 6.29. The highest BCUT2D eigenvalue weighted by atomic mass is 35.5. The van der Waals surface area contributed by atoms with Gasteiger partial charge in [-0.05, 0) is 31.6 Å². The van der Waals surface area contributed by atoms with Crippen molar-refractivity contribution in [1.29, 1.82) is 0 Å². The van der Waals surface area contributed by atoms with Gasteiger partial charge in [-0.25, -0.2) is 4.79 Å². The lowest BCUT2D eigenvalue weighted by Gasteiger charge is -2.30. The van der Waals surface area contributed by atoms with E-state index in [0.29, 0.717) is 24.5 Å². The SMILES string of the molecule is COC(=O)c1cc(C)ccc1C.NC(N)=C(/C=C(\N)Cl)N1CCOCC1. The summed E-state index contributed by atoms with van der Waals surface area (Å²) in [4.78, 5) is 13.2.